The van der Waals surface area contributed by atoms with Crippen LogP contribution in [-0.4, -0.2) is 16.6 Å². The molecular weight excluding hydrogens is 349 g/mol. The normalized spacial score (nSPS) is 10.2. The van der Waals surface area contributed by atoms with Gasteiger partial charge in [-0.25, -0.2) is 4.98 Å². The summed E-state index contributed by atoms with van der Waals surface area (Å²) in [4.78, 5) is 4.10. The molecule has 1 heterocycles. The van der Waals surface area contributed by atoms with Gasteiger partial charge < -0.3 is 10.6 Å². The first-order valence-corrected chi connectivity index (χ1v) is 7.69. The lowest BCUT2D eigenvalue weighted by molar-refractivity contribution is 0.873. The van der Waals surface area contributed by atoms with E-state index in [1.54, 1.807) is 24.4 Å². The zero-order valence-corrected chi connectivity index (χ0v) is 14.0. The highest BCUT2D eigenvalue weighted by atomic mass is 35.5. The molecule has 3 nitrogen and oxygen atoms in total. The standard InChI is InChI=1S/C14H12Cl3N3S/c15-10-6-9(7-11(16)8-10)3-5-19-14(21)20-13-12(17)2-1-4-18-13/h1-2,4,6-8H,3,5H2,(H2,18,19,20,21). The van der Waals surface area contributed by atoms with Gasteiger partial charge in [0.25, 0.3) is 0 Å². The van der Waals surface area contributed by atoms with Crippen LogP contribution in [0.4, 0.5) is 5.82 Å². The van der Waals surface area contributed by atoms with Gasteiger partial charge in [-0.2, -0.15) is 0 Å². The van der Waals surface area contributed by atoms with Gasteiger partial charge in [0.1, 0.15) is 0 Å². The van der Waals surface area contributed by atoms with E-state index in [0.29, 0.717) is 32.5 Å². The van der Waals surface area contributed by atoms with E-state index in [1.165, 1.54) is 0 Å². The van der Waals surface area contributed by atoms with Crippen LogP contribution in [0.15, 0.2) is 36.5 Å². The van der Waals surface area contributed by atoms with Crippen molar-refractivity contribution in [3.8, 4) is 0 Å². The van der Waals surface area contributed by atoms with Crippen LogP contribution >= 0.6 is 47.0 Å². The van der Waals surface area contributed by atoms with E-state index in [0.717, 1.165) is 12.0 Å². The number of hydrogen-bond acceptors (Lipinski definition) is 2. The largest absolute Gasteiger partial charge is 0.362 e. The van der Waals surface area contributed by atoms with Crippen molar-refractivity contribution in [2.24, 2.45) is 0 Å². The fourth-order valence-corrected chi connectivity index (χ4v) is 2.64. The quantitative estimate of drug-likeness (QED) is 0.783. The number of pyridine rings is 1. The summed E-state index contributed by atoms with van der Waals surface area (Å²) in [6.45, 7) is 0.646. The maximum atomic E-state index is 5.99. The van der Waals surface area contributed by atoms with Gasteiger partial charge in [0, 0.05) is 22.8 Å². The number of hydrogen-bond donors (Lipinski definition) is 2. The van der Waals surface area contributed by atoms with Gasteiger partial charge >= 0.3 is 0 Å². The molecular formula is C14H12Cl3N3S. The lowest BCUT2D eigenvalue weighted by atomic mass is 10.1. The number of anilines is 1. The maximum Gasteiger partial charge on any atom is 0.171 e. The molecule has 0 saturated carbocycles. The molecule has 0 fully saturated rings. The number of rotatable bonds is 4. The number of nitrogens with zero attached hydrogens (tertiary/aromatic N) is 1. The average molecular weight is 361 g/mol. The van der Waals surface area contributed by atoms with Crippen LogP contribution < -0.4 is 10.6 Å². The number of benzene rings is 1. The van der Waals surface area contributed by atoms with E-state index >= 15 is 0 Å². The van der Waals surface area contributed by atoms with Crippen LogP contribution in [0.3, 0.4) is 0 Å². The van der Waals surface area contributed by atoms with Crippen LogP contribution in [0.2, 0.25) is 15.1 Å². The summed E-state index contributed by atoms with van der Waals surface area (Å²) in [6, 6.07) is 8.96. The van der Waals surface area contributed by atoms with E-state index in [-0.39, 0.29) is 0 Å². The number of thiocarbonyl (C=S) groups is 1. The Morgan fingerprint density at radius 2 is 1.86 bits per heavy atom. The molecule has 2 rings (SSSR count). The highest BCUT2D eigenvalue weighted by Crippen LogP contribution is 2.19. The topological polar surface area (TPSA) is 37.0 Å². The van der Waals surface area contributed by atoms with Crippen molar-refractivity contribution in [2.45, 2.75) is 6.42 Å². The highest BCUT2D eigenvalue weighted by molar-refractivity contribution is 7.80. The molecule has 0 saturated heterocycles. The molecule has 0 radical (unpaired) electrons. The Balaban J connectivity index is 1.83. The summed E-state index contributed by atoms with van der Waals surface area (Å²) in [5.74, 6) is 0.530. The Morgan fingerprint density at radius 1 is 1.14 bits per heavy atom. The number of nitrogens with one attached hydrogen (secondary N) is 2. The maximum absolute atomic E-state index is 5.99. The first kappa shape index (κ1) is 16.3. The van der Waals surface area contributed by atoms with E-state index in [9.17, 15) is 0 Å². The average Bonchev–Trinajstić information content (AvgIpc) is 2.40. The zero-order chi connectivity index (χ0) is 15.2. The molecule has 0 amide bonds. The van der Waals surface area contributed by atoms with Crippen molar-refractivity contribution < 1.29 is 0 Å². The molecule has 0 aliphatic carbocycles. The molecule has 21 heavy (non-hydrogen) atoms. The smallest absolute Gasteiger partial charge is 0.171 e. The SMILES string of the molecule is S=C(NCCc1cc(Cl)cc(Cl)c1)Nc1ncccc1Cl. The van der Waals surface area contributed by atoms with E-state index < -0.39 is 0 Å². The second kappa shape index (κ2) is 7.80. The van der Waals surface area contributed by atoms with Crippen LogP contribution in [-0.2, 0) is 6.42 Å². The molecule has 2 aromatic rings. The van der Waals surface area contributed by atoms with Crippen molar-refractivity contribution in [2.75, 3.05) is 11.9 Å². The van der Waals surface area contributed by atoms with Crippen LogP contribution in [0, 0.1) is 0 Å². The van der Waals surface area contributed by atoms with Crippen molar-refractivity contribution in [3.05, 3.63) is 57.2 Å². The number of aromatic nitrogens is 1. The molecule has 0 aliphatic heterocycles. The molecule has 0 spiro atoms. The third-order valence-electron chi connectivity index (χ3n) is 2.61. The number of halogens is 3. The molecule has 7 heteroatoms. The lowest BCUT2D eigenvalue weighted by Gasteiger charge is -2.11. The van der Waals surface area contributed by atoms with Crippen molar-refractivity contribution >= 4 is 58.0 Å². The zero-order valence-electron chi connectivity index (χ0n) is 10.9. The van der Waals surface area contributed by atoms with E-state index in [4.69, 9.17) is 47.0 Å². The predicted octanol–water partition coefficient (Wildman–Crippen LogP) is 4.57. The Morgan fingerprint density at radius 3 is 2.52 bits per heavy atom. The van der Waals surface area contributed by atoms with Gasteiger partial charge in [-0.15, -0.1) is 0 Å². The Labute approximate surface area is 143 Å². The van der Waals surface area contributed by atoms with E-state index in [2.05, 4.69) is 15.6 Å². The molecule has 2 N–H and O–H groups in total. The summed E-state index contributed by atoms with van der Waals surface area (Å²) >= 11 is 23.1. The molecule has 0 atom stereocenters. The van der Waals surface area contributed by atoms with Crippen molar-refractivity contribution in [1.82, 2.24) is 10.3 Å². The van der Waals surface area contributed by atoms with E-state index in [1.807, 2.05) is 12.1 Å². The summed E-state index contributed by atoms with van der Waals surface area (Å²) in [5, 5.41) is 8.25. The molecule has 110 valence electrons. The molecule has 1 aromatic heterocycles. The molecule has 0 unspecified atom stereocenters. The minimum Gasteiger partial charge on any atom is -0.362 e. The molecule has 0 aliphatic rings. The van der Waals surface area contributed by atoms with Gasteiger partial charge in [-0.3, -0.25) is 0 Å². The lowest BCUT2D eigenvalue weighted by Crippen LogP contribution is -2.30. The Bertz CT molecular complexity index is 629. The van der Waals surface area contributed by atoms with Gasteiger partial charge in [0.15, 0.2) is 10.9 Å². The van der Waals surface area contributed by atoms with Gasteiger partial charge in [0.2, 0.25) is 0 Å². The fourth-order valence-electron chi connectivity index (χ4n) is 1.71. The Kier molecular flexibility index (Phi) is 6.06. The summed E-state index contributed by atoms with van der Waals surface area (Å²) in [7, 11) is 0. The first-order valence-electron chi connectivity index (χ1n) is 6.15. The van der Waals surface area contributed by atoms with Crippen LogP contribution in [0.5, 0.6) is 0 Å². The Hall–Kier alpha value is -1.07. The second-order valence-corrected chi connectivity index (χ2v) is 5.93. The van der Waals surface area contributed by atoms with Crippen LogP contribution in [0.1, 0.15) is 5.56 Å². The summed E-state index contributed by atoms with van der Waals surface area (Å²) in [5.41, 5.74) is 1.04. The first-order chi connectivity index (χ1) is 10.0. The minimum atomic E-state index is 0.462. The predicted molar refractivity (Wildman–Crippen MR) is 93.6 cm³/mol. The van der Waals surface area contributed by atoms with Gasteiger partial charge in [-0.05, 0) is 54.5 Å². The third kappa shape index (κ3) is 5.32. The van der Waals surface area contributed by atoms with Gasteiger partial charge in [0.05, 0.1) is 5.02 Å². The highest BCUT2D eigenvalue weighted by Gasteiger charge is 2.03. The summed E-state index contributed by atoms with van der Waals surface area (Å²) in [6.07, 6.45) is 2.39. The third-order valence-corrected chi connectivity index (χ3v) is 3.60. The fraction of sp³-hybridized carbons (Fsp3) is 0.143. The second-order valence-electron chi connectivity index (χ2n) is 4.24. The monoisotopic (exact) mass is 359 g/mol. The van der Waals surface area contributed by atoms with Crippen molar-refractivity contribution in [3.63, 3.8) is 0 Å². The molecule has 1 aromatic carbocycles. The molecule has 0 bridgehead atoms. The minimum absolute atomic E-state index is 0.462. The van der Waals surface area contributed by atoms with Crippen LogP contribution in [0.25, 0.3) is 0 Å². The van der Waals surface area contributed by atoms with Gasteiger partial charge in [-0.1, -0.05) is 34.8 Å². The summed E-state index contributed by atoms with van der Waals surface area (Å²) < 4.78 is 0. The van der Waals surface area contributed by atoms with Crippen molar-refractivity contribution in [1.29, 1.82) is 0 Å².